The molecule has 17 heavy (non-hydrogen) atoms. The molecule has 98 valence electrons. The summed E-state index contributed by atoms with van der Waals surface area (Å²) in [5.41, 5.74) is 0.964. The molecule has 0 fully saturated rings. The van der Waals surface area contributed by atoms with E-state index in [1.54, 1.807) is 6.92 Å². The Kier molecular flexibility index (Phi) is 5.65. The molecule has 0 spiro atoms. The van der Waals surface area contributed by atoms with Crippen LogP contribution in [0, 0.1) is 6.92 Å². The Bertz CT molecular complexity index is 334. The third kappa shape index (κ3) is 3.82. The van der Waals surface area contributed by atoms with Crippen LogP contribution in [0.15, 0.2) is 6.20 Å². The van der Waals surface area contributed by atoms with E-state index in [9.17, 15) is 5.11 Å². The summed E-state index contributed by atoms with van der Waals surface area (Å²) in [7, 11) is 0. The van der Waals surface area contributed by atoms with Crippen molar-refractivity contribution in [3.63, 3.8) is 0 Å². The second kappa shape index (κ2) is 6.77. The zero-order valence-electron chi connectivity index (χ0n) is 11.3. The molecular weight excluding hydrogens is 216 g/mol. The highest BCUT2D eigenvalue weighted by molar-refractivity contribution is 5.03. The van der Waals surface area contributed by atoms with Gasteiger partial charge < -0.3 is 14.4 Å². The van der Waals surface area contributed by atoms with Crippen molar-refractivity contribution in [2.24, 2.45) is 0 Å². The molecule has 1 heterocycles. The molecule has 0 aliphatic carbocycles. The number of imidazole rings is 1. The normalized spacial score (nSPS) is 14.9. The molecule has 4 heteroatoms. The third-order valence-corrected chi connectivity index (χ3v) is 2.72. The average molecular weight is 240 g/mol. The molecule has 0 saturated heterocycles. The first-order valence-corrected chi connectivity index (χ1v) is 6.44. The van der Waals surface area contributed by atoms with E-state index in [2.05, 4.69) is 18.8 Å². The first-order chi connectivity index (χ1) is 8.10. The monoisotopic (exact) mass is 240 g/mol. The number of hydrogen-bond donors (Lipinski definition) is 1. The second-order valence-corrected chi connectivity index (χ2v) is 4.41. The van der Waals surface area contributed by atoms with Crippen molar-refractivity contribution in [1.82, 2.24) is 9.55 Å². The van der Waals surface area contributed by atoms with Crippen LogP contribution in [0.25, 0.3) is 0 Å². The van der Waals surface area contributed by atoms with Crippen molar-refractivity contribution in [3.8, 4) is 0 Å². The largest absolute Gasteiger partial charge is 0.389 e. The summed E-state index contributed by atoms with van der Waals surface area (Å²) in [6.45, 7) is 8.57. The van der Waals surface area contributed by atoms with Crippen molar-refractivity contribution < 1.29 is 9.84 Å². The standard InChI is InChI=1S/C13H24N2O2/c1-5-7-8-17-13(11(4)16)15-9-10(3)14-12(15)6-2/h9,11,13,16H,5-8H2,1-4H3. The number of ether oxygens (including phenoxy) is 1. The van der Waals surface area contributed by atoms with Gasteiger partial charge in [-0.3, -0.25) is 0 Å². The Hall–Kier alpha value is -0.870. The van der Waals surface area contributed by atoms with Crippen molar-refractivity contribution in [2.45, 2.75) is 59.3 Å². The fourth-order valence-electron chi connectivity index (χ4n) is 1.85. The Morgan fingerprint density at radius 2 is 2.18 bits per heavy atom. The molecule has 1 aromatic rings. The van der Waals surface area contributed by atoms with Gasteiger partial charge in [-0.15, -0.1) is 0 Å². The molecule has 1 N–H and O–H groups in total. The molecule has 0 radical (unpaired) electrons. The lowest BCUT2D eigenvalue weighted by Crippen LogP contribution is -2.25. The molecule has 0 aliphatic heterocycles. The van der Waals surface area contributed by atoms with Crippen LogP contribution < -0.4 is 0 Å². The van der Waals surface area contributed by atoms with E-state index in [0.29, 0.717) is 6.61 Å². The number of aromatic nitrogens is 2. The Morgan fingerprint density at radius 1 is 1.47 bits per heavy atom. The number of aryl methyl sites for hydroxylation is 2. The summed E-state index contributed by atoms with van der Waals surface area (Å²) in [5, 5.41) is 9.82. The van der Waals surface area contributed by atoms with E-state index in [-0.39, 0.29) is 6.23 Å². The predicted octanol–water partition coefficient (Wildman–Crippen LogP) is 2.45. The maximum Gasteiger partial charge on any atom is 0.160 e. The number of hydrogen-bond acceptors (Lipinski definition) is 3. The lowest BCUT2D eigenvalue weighted by molar-refractivity contribution is -0.0763. The van der Waals surface area contributed by atoms with Gasteiger partial charge in [-0.05, 0) is 20.3 Å². The molecule has 2 unspecified atom stereocenters. The van der Waals surface area contributed by atoms with Crippen LogP contribution >= 0.6 is 0 Å². The second-order valence-electron chi connectivity index (χ2n) is 4.41. The minimum absolute atomic E-state index is 0.322. The molecule has 1 rings (SSSR count). The maximum atomic E-state index is 9.82. The first kappa shape index (κ1) is 14.2. The fraction of sp³-hybridized carbons (Fsp3) is 0.769. The summed E-state index contributed by atoms with van der Waals surface area (Å²) in [5.74, 6) is 0.963. The topological polar surface area (TPSA) is 47.3 Å². The third-order valence-electron chi connectivity index (χ3n) is 2.72. The van der Waals surface area contributed by atoms with E-state index in [1.807, 2.05) is 17.7 Å². The van der Waals surface area contributed by atoms with Gasteiger partial charge in [0.05, 0.1) is 11.8 Å². The van der Waals surface area contributed by atoms with E-state index in [1.165, 1.54) is 0 Å². The van der Waals surface area contributed by atoms with Crippen LogP contribution in [-0.4, -0.2) is 27.4 Å². The highest BCUT2D eigenvalue weighted by atomic mass is 16.5. The summed E-state index contributed by atoms with van der Waals surface area (Å²) >= 11 is 0. The van der Waals surface area contributed by atoms with Crippen LogP contribution in [0.5, 0.6) is 0 Å². The number of unbranched alkanes of at least 4 members (excludes halogenated alkanes) is 1. The highest BCUT2D eigenvalue weighted by Crippen LogP contribution is 2.18. The predicted molar refractivity (Wildman–Crippen MR) is 67.9 cm³/mol. The van der Waals surface area contributed by atoms with Crippen LogP contribution in [-0.2, 0) is 11.2 Å². The van der Waals surface area contributed by atoms with Gasteiger partial charge in [0.1, 0.15) is 5.82 Å². The van der Waals surface area contributed by atoms with Gasteiger partial charge in [0.15, 0.2) is 6.23 Å². The Labute approximate surface area is 104 Å². The molecule has 4 nitrogen and oxygen atoms in total. The smallest absolute Gasteiger partial charge is 0.160 e. The van der Waals surface area contributed by atoms with Gasteiger partial charge in [0.2, 0.25) is 0 Å². The van der Waals surface area contributed by atoms with Crippen LogP contribution in [0.3, 0.4) is 0 Å². The lowest BCUT2D eigenvalue weighted by atomic mass is 10.3. The highest BCUT2D eigenvalue weighted by Gasteiger charge is 2.20. The quantitative estimate of drug-likeness (QED) is 0.745. The summed E-state index contributed by atoms with van der Waals surface area (Å²) in [4.78, 5) is 4.43. The van der Waals surface area contributed by atoms with E-state index in [0.717, 1.165) is 30.8 Å². The molecule has 0 saturated carbocycles. The molecule has 1 aromatic heterocycles. The molecule has 0 bridgehead atoms. The van der Waals surface area contributed by atoms with Crippen molar-refractivity contribution in [2.75, 3.05) is 6.61 Å². The number of aliphatic hydroxyl groups excluding tert-OH is 1. The Balaban J connectivity index is 2.81. The first-order valence-electron chi connectivity index (χ1n) is 6.44. The fourth-order valence-corrected chi connectivity index (χ4v) is 1.85. The van der Waals surface area contributed by atoms with Gasteiger partial charge in [-0.25, -0.2) is 4.98 Å². The van der Waals surface area contributed by atoms with Crippen molar-refractivity contribution in [3.05, 3.63) is 17.7 Å². The van der Waals surface area contributed by atoms with Gasteiger partial charge in [0.25, 0.3) is 0 Å². The average Bonchev–Trinajstić information content (AvgIpc) is 2.65. The zero-order chi connectivity index (χ0) is 12.8. The minimum atomic E-state index is -0.536. The van der Waals surface area contributed by atoms with Crippen LogP contribution in [0.1, 0.15) is 51.4 Å². The zero-order valence-corrected chi connectivity index (χ0v) is 11.3. The number of rotatable bonds is 7. The van der Waals surface area contributed by atoms with E-state index < -0.39 is 6.10 Å². The minimum Gasteiger partial charge on any atom is -0.389 e. The van der Waals surface area contributed by atoms with Crippen LogP contribution in [0.4, 0.5) is 0 Å². The molecule has 0 aromatic carbocycles. The summed E-state index contributed by atoms with van der Waals surface area (Å²) in [6, 6.07) is 0. The molecular formula is C13H24N2O2. The number of nitrogens with zero attached hydrogens (tertiary/aromatic N) is 2. The van der Waals surface area contributed by atoms with Gasteiger partial charge >= 0.3 is 0 Å². The van der Waals surface area contributed by atoms with Crippen molar-refractivity contribution >= 4 is 0 Å². The molecule has 0 aliphatic rings. The summed E-state index contributed by atoms with van der Waals surface area (Å²) in [6.07, 6.45) is 4.04. The van der Waals surface area contributed by atoms with Gasteiger partial charge in [0, 0.05) is 19.2 Å². The van der Waals surface area contributed by atoms with E-state index in [4.69, 9.17) is 4.74 Å². The molecule has 2 atom stereocenters. The number of aliphatic hydroxyl groups is 1. The molecule has 0 amide bonds. The van der Waals surface area contributed by atoms with E-state index >= 15 is 0 Å². The van der Waals surface area contributed by atoms with Gasteiger partial charge in [-0.2, -0.15) is 0 Å². The summed E-state index contributed by atoms with van der Waals surface area (Å²) < 4.78 is 7.71. The van der Waals surface area contributed by atoms with Gasteiger partial charge in [-0.1, -0.05) is 20.3 Å². The lowest BCUT2D eigenvalue weighted by Gasteiger charge is -2.23. The Morgan fingerprint density at radius 3 is 2.71 bits per heavy atom. The maximum absolute atomic E-state index is 9.82. The SMILES string of the molecule is CCCCOC(C(C)O)n1cc(C)nc1CC. The van der Waals surface area contributed by atoms with Crippen molar-refractivity contribution in [1.29, 1.82) is 0 Å². The van der Waals surface area contributed by atoms with Crippen LogP contribution in [0.2, 0.25) is 0 Å².